The van der Waals surface area contributed by atoms with Crippen molar-refractivity contribution in [2.75, 3.05) is 0 Å². The van der Waals surface area contributed by atoms with Gasteiger partial charge in [0.25, 0.3) is 5.91 Å². The Morgan fingerprint density at radius 3 is 2.81 bits per heavy atom. The number of halogens is 2. The molecule has 1 aliphatic rings. The summed E-state index contributed by atoms with van der Waals surface area (Å²) in [5.41, 5.74) is 2.30. The lowest BCUT2D eigenvalue weighted by Crippen LogP contribution is -2.34. The Balaban J connectivity index is 1.85. The Bertz CT molecular complexity index is 704. The molecule has 1 aliphatic carbocycles. The van der Waals surface area contributed by atoms with Gasteiger partial charge in [0.15, 0.2) is 0 Å². The van der Waals surface area contributed by atoms with Gasteiger partial charge in [0, 0.05) is 10.9 Å². The van der Waals surface area contributed by atoms with Crippen LogP contribution in [0.15, 0.2) is 46.9 Å². The number of hydrogen-bond acceptors (Lipinski definition) is 2. The third-order valence-corrected chi connectivity index (χ3v) is 4.32. The van der Waals surface area contributed by atoms with E-state index in [0.29, 0.717) is 16.5 Å². The van der Waals surface area contributed by atoms with Gasteiger partial charge in [-0.2, -0.15) is 0 Å². The highest BCUT2D eigenvalue weighted by atomic mass is 79.9. The van der Waals surface area contributed by atoms with Gasteiger partial charge < -0.3 is 10.4 Å². The molecule has 3 rings (SSSR count). The molecule has 2 atom stereocenters. The monoisotopic (exact) mass is 349 g/mol. The molecule has 3 nitrogen and oxygen atoms in total. The molecule has 108 valence electrons. The summed E-state index contributed by atoms with van der Waals surface area (Å²) in [6.45, 7) is 0. The van der Waals surface area contributed by atoms with Crippen LogP contribution in [0.4, 0.5) is 4.39 Å². The summed E-state index contributed by atoms with van der Waals surface area (Å²) < 4.78 is 13.5. The fourth-order valence-corrected chi connectivity index (χ4v) is 3.17. The Hall–Kier alpha value is -1.72. The minimum absolute atomic E-state index is 0.341. The first-order chi connectivity index (χ1) is 10.1. The minimum Gasteiger partial charge on any atom is -0.390 e. The Labute approximate surface area is 129 Å². The fourth-order valence-electron chi connectivity index (χ4n) is 2.64. The Kier molecular flexibility index (Phi) is 3.78. The van der Waals surface area contributed by atoms with E-state index in [2.05, 4.69) is 21.2 Å². The van der Waals surface area contributed by atoms with Crippen molar-refractivity contribution in [2.45, 2.75) is 18.6 Å². The second-order valence-corrected chi connectivity index (χ2v) is 5.90. The third kappa shape index (κ3) is 2.71. The number of hydrogen-bond donors (Lipinski definition) is 2. The number of rotatable bonds is 2. The first-order valence-electron chi connectivity index (χ1n) is 6.58. The maximum atomic E-state index is 13.1. The second-order valence-electron chi connectivity index (χ2n) is 5.05. The van der Waals surface area contributed by atoms with Gasteiger partial charge in [-0.25, -0.2) is 4.39 Å². The largest absolute Gasteiger partial charge is 0.390 e. The predicted octanol–water partition coefficient (Wildman–Crippen LogP) is 2.98. The predicted molar refractivity (Wildman–Crippen MR) is 80.5 cm³/mol. The number of aliphatic hydroxyl groups is 1. The molecule has 2 unspecified atom stereocenters. The van der Waals surface area contributed by atoms with E-state index in [-0.39, 0.29) is 5.91 Å². The molecule has 0 bridgehead atoms. The van der Waals surface area contributed by atoms with E-state index >= 15 is 0 Å². The fraction of sp³-hybridized carbons (Fsp3) is 0.188. The van der Waals surface area contributed by atoms with E-state index in [1.807, 2.05) is 24.3 Å². The maximum absolute atomic E-state index is 13.1. The lowest BCUT2D eigenvalue weighted by atomic mass is 10.1. The number of nitrogens with one attached hydrogen (secondary N) is 1. The third-order valence-electron chi connectivity index (χ3n) is 3.67. The first-order valence-corrected chi connectivity index (χ1v) is 7.37. The van der Waals surface area contributed by atoms with E-state index in [0.717, 1.165) is 11.1 Å². The van der Waals surface area contributed by atoms with Gasteiger partial charge in [-0.3, -0.25) is 4.79 Å². The van der Waals surface area contributed by atoms with Crippen LogP contribution in [0.25, 0.3) is 0 Å². The van der Waals surface area contributed by atoms with Crippen molar-refractivity contribution in [3.05, 3.63) is 69.4 Å². The van der Waals surface area contributed by atoms with Crippen molar-refractivity contribution in [2.24, 2.45) is 0 Å². The first kappa shape index (κ1) is 14.2. The van der Waals surface area contributed by atoms with Crippen LogP contribution in [0.1, 0.15) is 27.5 Å². The molecule has 0 fully saturated rings. The average molecular weight is 350 g/mol. The lowest BCUT2D eigenvalue weighted by molar-refractivity contribution is 0.0857. The highest BCUT2D eigenvalue weighted by molar-refractivity contribution is 9.10. The van der Waals surface area contributed by atoms with Gasteiger partial charge in [0.2, 0.25) is 0 Å². The van der Waals surface area contributed by atoms with Gasteiger partial charge >= 0.3 is 0 Å². The minimum atomic E-state index is -0.648. The van der Waals surface area contributed by atoms with Crippen LogP contribution in [0.2, 0.25) is 0 Å². The lowest BCUT2D eigenvalue weighted by Gasteiger charge is -2.18. The number of carbonyl (C=O) groups excluding carboxylic acids is 1. The zero-order valence-electron chi connectivity index (χ0n) is 11.0. The van der Waals surface area contributed by atoms with Gasteiger partial charge in [0.05, 0.1) is 17.7 Å². The number of aliphatic hydroxyl groups excluding tert-OH is 1. The zero-order valence-corrected chi connectivity index (χ0v) is 12.6. The van der Waals surface area contributed by atoms with Crippen LogP contribution in [0.5, 0.6) is 0 Å². The highest BCUT2D eigenvalue weighted by Gasteiger charge is 2.32. The van der Waals surface area contributed by atoms with E-state index < -0.39 is 18.0 Å². The van der Waals surface area contributed by atoms with Crippen LogP contribution >= 0.6 is 15.9 Å². The maximum Gasteiger partial charge on any atom is 0.253 e. The van der Waals surface area contributed by atoms with E-state index in [1.165, 1.54) is 18.2 Å². The average Bonchev–Trinajstić information content (AvgIpc) is 2.75. The van der Waals surface area contributed by atoms with Gasteiger partial charge in [-0.1, -0.05) is 24.3 Å². The van der Waals surface area contributed by atoms with Crippen molar-refractivity contribution in [1.29, 1.82) is 0 Å². The molecule has 21 heavy (non-hydrogen) atoms. The molecule has 2 aromatic carbocycles. The molecule has 0 radical (unpaired) electrons. The Morgan fingerprint density at radius 1 is 1.29 bits per heavy atom. The highest BCUT2D eigenvalue weighted by Crippen LogP contribution is 2.31. The molecular weight excluding hydrogens is 337 g/mol. The molecule has 2 N–H and O–H groups in total. The summed E-state index contributed by atoms with van der Waals surface area (Å²) in [7, 11) is 0. The molecule has 0 aromatic heterocycles. The summed E-state index contributed by atoms with van der Waals surface area (Å²) in [6, 6.07) is 11.1. The summed E-state index contributed by atoms with van der Waals surface area (Å²) in [4.78, 5) is 12.3. The van der Waals surface area contributed by atoms with Crippen LogP contribution in [0.3, 0.4) is 0 Å². The smallest absolute Gasteiger partial charge is 0.253 e. The summed E-state index contributed by atoms with van der Waals surface area (Å²) in [5, 5.41) is 13.0. The van der Waals surface area contributed by atoms with E-state index in [1.54, 1.807) is 0 Å². The van der Waals surface area contributed by atoms with Gasteiger partial charge in [-0.05, 0) is 45.3 Å². The van der Waals surface area contributed by atoms with Crippen molar-refractivity contribution >= 4 is 21.8 Å². The quantitative estimate of drug-likeness (QED) is 0.875. The van der Waals surface area contributed by atoms with Crippen molar-refractivity contribution in [3.8, 4) is 0 Å². The molecule has 5 heteroatoms. The normalized spacial score (nSPS) is 20.1. The second kappa shape index (κ2) is 5.58. The number of carbonyl (C=O) groups is 1. The number of benzene rings is 2. The molecule has 0 saturated heterocycles. The molecule has 0 heterocycles. The van der Waals surface area contributed by atoms with Crippen molar-refractivity contribution < 1.29 is 14.3 Å². The van der Waals surface area contributed by atoms with Crippen LogP contribution in [0, 0.1) is 5.82 Å². The molecule has 2 aromatic rings. The molecule has 0 aliphatic heterocycles. The summed E-state index contributed by atoms with van der Waals surface area (Å²) in [6.07, 6.45) is -0.128. The zero-order chi connectivity index (χ0) is 15.0. The molecule has 1 amide bonds. The van der Waals surface area contributed by atoms with Gasteiger partial charge in [-0.15, -0.1) is 0 Å². The van der Waals surface area contributed by atoms with Gasteiger partial charge in [0.1, 0.15) is 5.82 Å². The standard InChI is InChI=1S/C16H13BrFNO2/c17-13-8-10(18)5-6-12(13)16(21)19-15-11-4-2-1-3-9(11)7-14(15)20/h1-6,8,14-15,20H,7H2,(H,19,21). The van der Waals surface area contributed by atoms with E-state index in [4.69, 9.17) is 0 Å². The number of amides is 1. The topological polar surface area (TPSA) is 49.3 Å². The summed E-state index contributed by atoms with van der Waals surface area (Å²) >= 11 is 3.18. The van der Waals surface area contributed by atoms with Crippen LogP contribution in [-0.2, 0) is 6.42 Å². The Morgan fingerprint density at radius 2 is 2.05 bits per heavy atom. The van der Waals surface area contributed by atoms with Crippen molar-refractivity contribution in [1.82, 2.24) is 5.32 Å². The van der Waals surface area contributed by atoms with Crippen LogP contribution in [-0.4, -0.2) is 17.1 Å². The molecule has 0 saturated carbocycles. The van der Waals surface area contributed by atoms with Crippen molar-refractivity contribution in [3.63, 3.8) is 0 Å². The number of fused-ring (bicyclic) bond motifs is 1. The molecule has 0 spiro atoms. The summed E-state index contributed by atoms with van der Waals surface area (Å²) in [5.74, 6) is -0.757. The van der Waals surface area contributed by atoms with E-state index in [9.17, 15) is 14.3 Å². The SMILES string of the molecule is O=C(NC1c2ccccc2CC1O)c1ccc(F)cc1Br. The molecular formula is C16H13BrFNO2. The van der Waals surface area contributed by atoms with Crippen LogP contribution < -0.4 is 5.32 Å².